The number of carboxylic acid groups (broad SMARTS) is 1. The van der Waals surface area contributed by atoms with Crippen molar-refractivity contribution < 1.29 is 26.7 Å². The fourth-order valence-electron chi connectivity index (χ4n) is 2.97. The topological polar surface area (TPSA) is 118 Å². The highest BCUT2D eigenvalue weighted by Crippen LogP contribution is 2.26. The maximum atomic E-state index is 12.3. The zero-order valence-electron chi connectivity index (χ0n) is 11.7. The van der Waals surface area contributed by atoms with Crippen LogP contribution in [0.1, 0.15) is 38.5 Å². The number of sulfone groups is 1. The Hall–Kier alpha value is -0.670. The van der Waals surface area contributed by atoms with Gasteiger partial charge in [0.15, 0.2) is 0 Å². The van der Waals surface area contributed by atoms with Crippen LogP contribution in [0.25, 0.3) is 0 Å². The van der Waals surface area contributed by atoms with Crippen molar-refractivity contribution in [1.82, 2.24) is 4.72 Å². The molecule has 21 heavy (non-hydrogen) atoms. The van der Waals surface area contributed by atoms with Gasteiger partial charge in [-0.05, 0) is 38.5 Å². The first-order valence-electron chi connectivity index (χ1n) is 7.14. The van der Waals surface area contributed by atoms with Crippen LogP contribution in [0.2, 0.25) is 0 Å². The Morgan fingerprint density at radius 1 is 1.00 bits per heavy atom. The van der Waals surface area contributed by atoms with Gasteiger partial charge < -0.3 is 5.11 Å². The first-order chi connectivity index (χ1) is 9.70. The van der Waals surface area contributed by atoms with Gasteiger partial charge in [-0.15, -0.1) is 0 Å². The molecule has 0 unspecified atom stereocenters. The van der Waals surface area contributed by atoms with Gasteiger partial charge in [-0.3, -0.25) is 4.79 Å². The molecule has 0 atom stereocenters. The van der Waals surface area contributed by atoms with Crippen LogP contribution in [0.15, 0.2) is 0 Å². The van der Waals surface area contributed by atoms with E-state index in [1.807, 2.05) is 0 Å². The van der Waals surface area contributed by atoms with Gasteiger partial charge in [0, 0.05) is 6.04 Å². The molecule has 1 aliphatic heterocycles. The van der Waals surface area contributed by atoms with Crippen LogP contribution >= 0.6 is 0 Å². The SMILES string of the molecule is O=C(O)C1CCC(NS(=O)(=O)C2CCS(=O)(=O)CC2)CC1. The van der Waals surface area contributed by atoms with Crippen molar-refractivity contribution >= 4 is 25.8 Å². The molecule has 1 saturated carbocycles. The summed E-state index contributed by atoms with van der Waals surface area (Å²) < 4.78 is 49.8. The summed E-state index contributed by atoms with van der Waals surface area (Å²) in [6, 6.07) is -0.232. The third kappa shape index (κ3) is 4.40. The zero-order valence-corrected chi connectivity index (χ0v) is 13.3. The number of carbonyl (C=O) groups is 1. The van der Waals surface area contributed by atoms with Crippen LogP contribution in [0, 0.1) is 5.92 Å². The van der Waals surface area contributed by atoms with E-state index in [0.717, 1.165) is 0 Å². The Morgan fingerprint density at radius 3 is 2.00 bits per heavy atom. The third-order valence-electron chi connectivity index (χ3n) is 4.35. The van der Waals surface area contributed by atoms with Gasteiger partial charge >= 0.3 is 5.97 Å². The molecule has 2 rings (SSSR count). The van der Waals surface area contributed by atoms with E-state index in [9.17, 15) is 21.6 Å². The smallest absolute Gasteiger partial charge is 0.306 e. The van der Waals surface area contributed by atoms with Crippen molar-refractivity contribution in [3.63, 3.8) is 0 Å². The molecule has 1 aliphatic carbocycles. The molecule has 0 radical (unpaired) electrons. The van der Waals surface area contributed by atoms with E-state index in [1.165, 1.54) is 0 Å². The van der Waals surface area contributed by atoms with Gasteiger partial charge in [0.05, 0.1) is 22.7 Å². The molecule has 0 bridgehead atoms. The minimum absolute atomic E-state index is 0.0790. The van der Waals surface area contributed by atoms with E-state index < -0.39 is 31.1 Å². The Morgan fingerprint density at radius 2 is 1.52 bits per heavy atom. The molecule has 0 aromatic carbocycles. The Labute approximate surface area is 125 Å². The van der Waals surface area contributed by atoms with Crippen LogP contribution in [0.4, 0.5) is 0 Å². The number of hydrogen-bond donors (Lipinski definition) is 2. The first-order valence-corrected chi connectivity index (χ1v) is 10.5. The second kappa shape index (κ2) is 6.21. The molecule has 9 heteroatoms. The highest BCUT2D eigenvalue weighted by Gasteiger charge is 2.35. The van der Waals surface area contributed by atoms with Gasteiger partial charge in [-0.1, -0.05) is 0 Å². The second-order valence-corrected chi connectivity index (χ2v) is 10.2. The van der Waals surface area contributed by atoms with E-state index in [1.54, 1.807) is 0 Å². The molecular formula is C12H21NO6S2. The van der Waals surface area contributed by atoms with Crippen LogP contribution in [-0.2, 0) is 24.7 Å². The highest BCUT2D eigenvalue weighted by molar-refractivity contribution is 7.92. The lowest BCUT2D eigenvalue weighted by Gasteiger charge is -2.29. The van der Waals surface area contributed by atoms with E-state index >= 15 is 0 Å². The summed E-state index contributed by atoms with van der Waals surface area (Å²) in [5.74, 6) is -1.37. The summed E-state index contributed by atoms with van der Waals surface area (Å²) in [7, 11) is -6.62. The van der Waals surface area contributed by atoms with E-state index in [2.05, 4.69) is 4.72 Å². The predicted octanol–water partition coefficient (Wildman–Crippen LogP) is 0.126. The van der Waals surface area contributed by atoms with Gasteiger partial charge in [0.25, 0.3) is 0 Å². The molecule has 0 spiro atoms. The molecule has 2 fully saturated rings. The highest BCUT2D eigenvalue weighted by atomic mass is 32.2. The lowest BCUT2D eigenvalue weighted by Crippen LogP contribution is -2.45. The van der Waals surface area contributed by atoms with Crippen molar-refractivity contribution in [1.29, 1.82) is 0 Å². The third-order valence-corrected chi connectivity index (χ3v) is 8.07. The molecule has 1 heterocycles. The minimum atomic E-state index is -3.53. The number of rotatable bonds is 4. The molecule has 0 amide bonds. The van der Waals surface area contributed by atoms with E-state index in [-0.39, 0.29) is 36.3 Å². The lowest BCUT2D eigenvalue weighted by molar-refractivity contribution is -0.142. The monoisotopic (exact) mass is 339 g/mol. The Kier molecular flexibility index (Phi) is 4.94. The summed E-state index contributed by atoms with van der Waals surface area (Å²) in [5.41, 5.74) is 0. The van der Waals surface area contributed by atoms with Crippen molar-refractivity contribution in [2.45, 2.75) is 49.8 Å². The summed E-state index contributed by atoms with van der Waals surface area (Å²) in [6.07, 6.45) is 2.26. The summed E-state index contributed by atoms with van der Waals surface area (Å²) in [6.45, 7) is 0. The fourth-order valence-corrected chi connectivity index (χ4v) is 6.50. The van der Waals surface area contributed by atoms with Crippen molar-refractivity contribution in [2.75, 3.05) is 11.5 Å². The van der Waals surface area contributed by atoms with Crippen LogP contribution in [-0.4, -0.2) is 50.7 Å². The average molecular weight is 339 g/mol. The van der Waals surface area contributed by atoms with Crippen molar-refractivity contribution in [3.8, 4) is 0 Å². The molecule has 122 valence electrons. The molecule has 1 saturated heterocycles. The lowest BCUT2D eigenvalue weighted by atomic mass is 9.87. The van der Waals surface area contributed by atoms with Crippen molar-refractivity contribution in [2.24, 2.45) is 5.92 Å². The van der Waals surface area contributed by atoms with Gasteiger partial charge in [-0.2, -0.15) is 0 Å². The second-order valence-electron chi connectivity index (χ2n) is 5.90. The summed E-state index contributed by atoms with van der Waals surface area (Å²) in [5, 5.41) is 8.26. The number of carboxylic acids is 1. The normalized spacial score (nSPS) is 30.9. The number of hydrogen-bond acceptors (Lipinski definition) is 5. The standard InChI is InChI=1S/C12H21NO6S2/c14-12(15)9-1-3-10(4-2-9)13-21(18,19)11-5-7-20(16,17)8-6-11/h9-11,13H,1-8H2,(H,14,15). The Balaban J connectivity index is 1.89. The zero-order chi connectivity index (χ0) is 15.7. The molecular weight excluding hydrogens is 318 g/mol. The number of aliphatic carboxylic acids is 1. The van der Waals surface area contributed by atoms with Gasteiger partial charge in [0.1, 0.15) is 9.84 Å². The molecule has 2 aliphatic rings. The fraction of sp³-hybridized carbons (Fsp3) is 0.917. The Bertz CT molecular complexity index is 575. The maximum absolute atomic E-state index is 12.3. The molecule has 0 aromatic rings. The average Bonchev–Trinajstić information content (AvgIpc) is 2.38. The quantitative estimate of drug-likeness (QED) is 0.751. The van der Waals surface area contributed by atoms with Gasteiger partial charge in [-0.25, -0.2) is 21.6 Å². The summed E-state index contributed by atoms with van der Waals surface area (Å²) >= 11 is 0. The summed E-state index contributed by atoms with van der Waals surface area (Å²) in [4.78, 5) is 10.9. The van der Waals surface area contributed by atoms with Crippen LogP contribution < -0.4 is 4.72 Å². The molecule has 0 aromatic heterocycles. The molecule has 7 nitrogen and oxygen atoms in total. The van der Waals surface area contributed by atoms with Crippen LogP contribution in [0.5, 0.6) is 0 Å². The predicted molar refractivity (Wildman–Crippen MR) is 77.1 cm³/mol. The molecule has 2 N–H and O–H groups in total. The van der Waals surface area contributed by atoms with E-state index in [0.29, 0.717) is 25.7 Å². The minimum Gasteiger partial charge on any atom is -0.481 e. The number of nitrogens with one attached hydrogen (secondary N) is 1. The largest absolute Gasteiger partial charge is 0.481 e. The van der Waals surface area contributed by atoms with Crippen molar-refractivity contribution in [3.05, 3.63) is 0 Å². The van der Waals surface area contributed by atoms with E-state index in [4.69, 9.17) is 5.11 Å². The maximum Gasteiger partial charge on any atom is 0.306 e. The first kappa shape index (κ1) is 16.7. The number of sulfonamides is 1. The van der Waals surface area contributed by atoms with Gasteiger partial charge in [0.2, 0.25) is 10.0 Å². The van der Waals surface area contributed by atoms with Crippen LogP contribution in [0.3, 0.4) is 0 Å².